The summed E-state index contributed by atoms with van der Waals surface area (Å²) in [6.07, 6.45) is 1.10. The maximum Gasteiger partial charge on any atom is 0.123 e. The minimum atomic E-state index is 0.294. The summed E-state index contributed by atoms with van der Waals surface area (Å²) < 4.78 is 10.7. The van der Waals surface area contributed by atoms with Gasteiger partial charge in [-0.3, -0.25) is 0 Å². The molecule has 1 aromatic carbocycles. The monoisotopic (exact) mass is 221 g/mol. The van der Waals surface area contributed by atoms with Gasteiger partial charge in [-0.15, -0.1) is 0 Å². The van der Waals surface area contributed by atoms with Crippen molar-refractivity contribution in [2.24, 2.45) is 0 Å². The predicted molar refractivity (Wildman–Crippen MR) is 63.8 cm³/mol. The van der Waals surface area contributed by atoms with Crippen LogP contribution in [0.4, 0.5) is 0 Å². The van der Waals surface area contributed by atoms with E-state index >= 15 is 0 Å². The maximum absolute atomic E-state index is 5.36. The van der Waals surface area contributed by atoms with Crippen LogP contribution in [-0.2, 0) is 4.74 Å². The van der Waals surface area contributed by atoms with Gasteiger partial charge in [-0.2, -0.15) is 0 Å². The van der Waals surface area contributed by atoms with E-state index < -0.39 is 0 Å². The lowest BCUT2D eigenvalue weighted by Crippen LogP contribution is -2.31. The van der Waals surface area contributed by atoms with Crippen molar-refractivity contribution in [3.05, 3.63) is 29.8 Å². The van der Waals surface area contributed by atoms with Crippen LogP contribution in [0.15, 0.2) is 24.3 Å². The van der Waals surface area contributed by atoms with Gasteiger partial charge < -0.3 is 14.8 Å². The number of benzene rings is 1. The summed E-state index contributed by atoms with van der Waals surface area (Å²) in [6.45, 7) is 3.85. The largest absolute Gasteiger partial charge is 0.496 e. The van der Waals surface area contributed by atoms with Crippen LogP contribution in [0.25, 0.3) is 0 Å². The Morgan fingerprint density at radius 2 is 2.25 bits per heavy atom. The van der Waals surface area contributed by atoms with Gasteiger partial charge in [0.05, 0.1) is 13.7 Å². The summed E-state index contributed by atoms with van der Waals surface area (Å²) in [5.74, 6) is 0.946. The van der Waals surface area contributed by atoms with E-state index in [1.54, 1.807) is 7.11 Å². The lowest BCUT2D eigenvalue weighted by atomic mass is 10.1. The van der Waals surface area contributed by atoms with Gasteiger partial charge in [0.25, 0.3) is 0 Å². The van der Waals surface area contributed by atoms with Crippen molar-refractivity contribution in [2.75, 3.05) is 20.3 Å². The summed E-state index contributed by atoms with van der Waals surface area (Å²) in [5.41, 5.74) is 1.21. The van der Waals surface area contributed by atoms with Crippen LogP contribution in [0, 0.1) is 0 Å². The molecule has 1 heterocycles. The van der Waals surface area contributed by atoms with Gasteiger partial charge >= 0.3 is 0 Å². The van der Waals surface area contributed by atoms with Crippen molar-refractivity contribution in [3.63, 3.8) is 0 Å². The highest BCUT2D eigenvalue weighted by molar-refractivity contribution is 5.35. The second-order valence-corrected chi connectivity index (χ2v) is 4.19. The zero-order valence-corrected chi connectivity index (χ0v) is 9.90. The molecule has 88 valence electrons. The summed E-state index contributed by atoms with van der Waals surface area (Å²) in [7, 11) is 1.71. The highest BCUT2D eigenvalue weighted by atomic mass is 16.5. The molecular formula is C13H19NO2. The molecule has 0 bridgehead atoms. The Morgan fingerprint density at radius 1 is 1.44 bits per heavy atom. The Kier molecular flexibility index (Phi) is 3.80. The smallest absolute Gasteiger partial charge is 0.123 e. The van der Waals surface area contributed by atoms with E-state index in [1.165, 1.54) is 5.56 Å². The number of methoxy groups -OCH3 is 1. The highest BCUT2D eigenvalue weighted by Gasteiger charge is 2.19. The van der Waals surface area contributed by atoms with Gasteiger partial charge in [0.1, 0.15) is 5.75 Å². The molecule has 1 N–H and O–H groups in total. The molecule has 16 heavy (non-hydrogen) atoms. The fraction of sp³-hybridized carbons (Fsp3) is 0.538. The SMILES string of the molecule is COc1ccccc1[C@@H](C)NC1CCOC1. The number of rotatable bonds is 4. The average molecular weight is 221 g/mol. The van der Waals surface area contributed by atoms with Crippen molar-refractivity contribution in [1.82, 2.24) is 5.32 Å². The Balaban J connectivity index is 2.04. The Labute approximate surface area is 96.8 Å². The molecule has 0 aliphatic carbocycles. The molecule has 0 amide bonds. The fourth-order valence-electron chi connectivity index (χ4n) is 2.13. The third-order valence-corrected chi connectivity index (χ3v) is 3.02. The summed E-state index contributed by atoms with van der Waals surface area (Å²) >= 11 is 0. The van der Waals surface area contributed by atoms with Gasteiger partial charge in [-0.25, -0.2) is 0 Å². The van der Waals surface area contributed by atoms with Crippen molar-refractivity contribution in [1.29, 1.82) is 0 Å². The van der Waals surface area contributed by atoms with Crippen molar-refractivity contribution < 1.29 is 9.47 Å². The lowest BCUT2D eigenvalue weighted by Gasteiger charge is -2.20. The number of hydrogen-bond acceptors (Lipinski definition) is 3. The third-order valence-electron chi connectivity index (χ3n) is 3.02. The van der Waals surface area contributed by atoms with Gasteiger partial charge in [0.15, 0.2) is 0 Å². The van der Waals surface area contributed by atoms with E-state index in [-0.39, 0.29) is 0 Å². The Hall–Kier alpha value is -1.06. The zero-order valence-electron chi connectivity index (χ0n) is 9.90. The topological polar surface area (TPSA) is 30.5 Å². The lowest BCUT2D eigenvalue weighted by molar-refractivity contribution is 0.188. The number of hydrogen-bond donors (Lipinski definition) is 1. The molecule has 1 aliphatic rings. The molecule has 0 aromatic heterocycles. The van der Waals surface area contributed by atoms with Crippen LogP contribution in [0.1, 0.15) is 24.9 Å². The molecule has 2 atom stereocenters. The average Bonchev–Trinajstić information content (AvgIpc) is 2.81. The summed E-state index contributed by atoms with van der Waals surface area (Å²) in [4.78, 5) is 0. The first-order valence-corrected chi connectivity index (χ1v) is 5.78. The molecule has 0 saturated carbocycles. The van der Waals surface area contributed by atoms with E-state index in [1.807, 2.05) is 18.2 Å². The van der Waals surface area contributed by atoms with Crippen molar-refractivity contribution in [3.8, 4) is 5.75 Å². The minimum absolute atomic E-state index is 0.294. The van der Waals surface area contributed by atoms with Crippen LogP contribution in [0.3, 0.4) is 0 Å². The fourth-order valence-corrected chi connectivity index (χ4v) is 2.13. The molecule has 1 unspecified atom stereocenters. The summed E-state index contributed by atoms with van der Waals surface area (Å²) in [6, 6.07) is 8.91. The molecular weight excluding hydrogens is 202 g/mol. The normalized spacial score (nSPS) is 22.0. The first-order chi connectivity index (χ1) is 7.81. The maximum atomic E-state index is 5.36. The quantitative estimate of drug-likeness (QED) is 0.845. The number of ether oxygens (including phenoxy) is 2. The third kappa shape index (κ3) is 2.54. The van der Waals surface area contributed by atoms with Crippen LogP contribution in [-0.4, -0.2) is 26.4 Å². The van der Waals surface area contributed by atoms with Crippen molar-refractivity contribution in [2.45, 2.75) is 25.4 Å². The molecule has 1 saturated heterocycles. The van der Waals surface area contributed by atoms with Crippen LogP contribution < -0.4 is 10.1 Å². The highest BCUT2D eigenvalue weighted by Crippen LogP contribution is 2.25. The predicted octanol–water partition coefficient (Wildman–Crippen LogP) is 2.13. The standard InChI is InChI=1S/C13H19NO2/c1-10(14-11-7-8-16-9-11)12-5-3-4-6-13(12)15-2/h3-6,10-11,14H,7-9H2,1-2H3/t10-,11?/m1/s1. The van der Waals surface area contributed by atoms with Gasteiger partial charge in [0, 0.05) is 24.3 Å². The summed E-state index contributed by atoms with van der Waals surface area (Å²) in [5, 5.41) is 3.56. The second-order valence-electron chi connectivity index (χ2n) is 4.19. The molecule has 1 aromatic rings. The van der Waals surface area contributed by atoms with E-state index in [0.717, 1.165) is 25.4 Å². The van der Waals surface area contributed by atoms with E-state index in [9.17, 15) is 0 Å². The molecule has 2 rings (SSSR count). The van der Waals surface area contributed by atoms with Gasteiger partial charge in [0.2, 0.25) is 0 Å². The van der Waals surface area contributed by atoms with Gasteiger partial charge in [-0.1, -0.05) is 18.2 Å². The zero-order chi connectivity index (χ0) is 11.4. The Bertz CT molecular complexity index is 334. The molecule has 3 heteroatoms. The number of para-hydroxylation sites is 1. The Morgan fingerprint density at radius 3 is 2.94 bits per heavy atom. The molecule has 1 fully saturated rings. The van der Waals surface area contributed by atoms with E-state index in [2.05, 4.69) is 18.3 Å². The minimum Gasteiger partial charge on any atom is -0.496 e. The van der Waals surface area contributed by atoms with Crippen LogP contribution in [0.2, 0.25) is 0 Å². The first-order valence-electron chi connectivity index (χ1n) is 5.78. The number of nitrogens with one attached hydrogen (secondary N) is 1. The van der Waals surface area contributed by atoms with Crippen molar-refractivity contribution >= 4 is 0 Å². The molecule has 0 spiro atoms. The molecule has 1 aliphatic heterocycles. The van der Waals surface area contributed by atoms with Crippen LogP contribution >= 0.6 is 0 Å². The van der Waals surface area contributed by atoms with E-state index in [4.69, 9.17) is 9.47 Å². The molecule has 3 nitrogen and oxygen atoms in total. The van der Waals surface area contributed by atoms with Crippen LogP contribution in [0.5, 0.6) is 5.75 Å². The molecule has 0 radical (unpaired) electrons. The van der Waals surface area contributed by atoms with E-state index in [0.29, 0.717) is 12.1 Å². The first kappa shape index (κ1) is 11.4. The second kappa shape index (κ2) is 5.32. The van der Waals surface area contributed by atoms with Gasteiger partial charge in [-0.05, 0) is 19.4 Å².